The first-order valence-corrected chi connectivity index (χ1v) is 14.3. The SMILES string of the molecule is CCC(C)=NCC1CCCC(CN=C(C)CC)C1.CCC(C)=O.CCC1CCCC(CC)C1. The van der Waals surface area contributed by atoms with Crippen molar-refractivity contribution in [2.75, 3.05) is 13.1 Å². The standard InChI is InChI=1S/C16H30N2.C10H20.C4H8O/c1-5-13(3)17-11-15-8-7-9-16(10-15)12-18-14(4)6-2;1-3-9-6-5-7-10(4-2)8-9;1-3-4(2)5/h15-16H,5-12H2,1-4H3;9-10H,3-8H2,1-2H3;3H2,1-2H3. The fourth-order valence-electron chi connectivity index (χ4n) is 4.67. The summed E-state index contributed by atoms with van der Waals surface area (Å²) >= 11 is 0. The van der Waals surface area contributed by atoms with Crippen molar-refractivity contribution in [2.24, 2.45) is 33.7 Å². The molecule has 4 unspecified atom stereocenters. The first kappa shape index (κ1) is 32.0. The molecular formula is C30H58N2O. The van der Waals surface area contributed by atoms with Crippen LogP contribution < -0.4 is 0 Å². The van der Waals surface area contributed by atoms with Gasteiger partial charge in [-0.3, -0.25) is 9.98 Å². The molecule has 0 radical (unpaired) electrons. The number of carbonyl (C=O) groups excluding carboxylic acids is 1. The molecule has 0 aromatic carbocycles. The van der Waals surface area contributed by atoms with Crippen molar-refractivity contribution in [3.63, 3.8) is 0 Å². The monoisotopic (exact) mass is 462 g/mol. The minimum atomic E-state index is 0.255. The van der Waals surface area contributed by atoms with Crippen LogP contribution in [-0.2, 0) is 4.79 Å². The van der Waals surface area contributed by atoms with E-state index in [0.717, 1.165) is 49.6 Å². The highest BCUT2D eigenvalue weighted by Gasteiger charge is 2.21. The molecule has 0 amide bonds. The maximum atomic E-state index is 9.81. The molecule has 3 nitrogen and oxygen atoms in total. The third-order valence-electron chi connectivity index (χ3n) is 7.70. The summed E-state index contributed by atoms with van der Waals surface area (Å²) in [5.41, 5.74) is 2.61. The second kappa shape index (κ2) is 20.4. The molecule has 0 bridgehead atoms. The smallest absolute Gasteiger partial charge is 0.129 e. The van der Waals surface area contributed by atoms with Gasteiger partial charge in [-0.1, -0.05) is 73.1 Å². The lowest BCUT2D eigenvalue weighted by molar-refractivity contribution is -0.116. The lowest BCUT2D eigenvalue weighted by Crippen LogP contribution is -2.20. The molecule has 0 heterocycles. The maximum Gasteiger partial charge on any atom is 0.129 e. The highest BCUT2D eigenvalue weighted by atomic mass is 16.1. The summed E-state index contributed by atoms with van der Waals surface area (Å²) in [7, 11) is 0. The number of hydrogen-bond donors (Lipinski definition) is 0. The Balaban J connectivity index is 0.000000569. The highest BCUT2D eigenvalue weighted by Crippen LogP contribution is 2.32. The summed E-state index contributed by atoms with van der Waals surface area (Å²) in [5, 5.41) is 0. The van der Waals surface area contributed by atoms with E-state index >= 15 is 0 Å². The number of ketones is 1. The van der Waals surface area contributed by atoms with E-state index in [4.69, 9.17) is 9.98 Å². The Kier molecular flexibility index (Phi) is 19.8. The molecule has 194 valence electrons. The molecule has 0 aromatic heterocycles. The number of carbonyl (C=O) groups is 1. The summed E-state index contributed by atoms with van der Waals surface area (Å²) in [6, 6.07) is 0. The van der Waals surface area contributed by atoms with Crippen molar-refractivity contribution in [3.8, 4) is 0 Å². The molecule has 0 aromatic rings. The van der Waals surface area contributed by atoms with E-state index < -0.39 is 0 Å². The Morgan fingerprint density at radius 2 is 0.939 bits per heavy atom. The van der Waals surface area contributed by atoms with Crippen LogP contribution >= 0.6 is 0 Å². The molecule has 2 saturated carbocycles. The molecule has 4 atom stereocenters. The minimum absolute atomic E-state index is 0.255. The van der Waals surface area contributed by atoms with E-state index in [-0.39, 0.29) is 5.78 Å². The van der Waals surface area contributed by atoms with Crippen molar-refractivity contribution in [3.05, 3.63) is 0 Å². The first-order valence-electron chi connectivity index (χ1n) is 14.3. The summed E-state index contributed by atoms with van der Waals surface area (Å²) in [6.45, 7) is 18.9. The second-order valence-corrected chi connectivity index (χ2v) is 10.5. The average molecular weight is 463 g/mol. The van der Waals surface area contributed by atoms with Crippen LogP contribution in [0.4, 0.5) is 0 Å². The number of aliphatic imine (C=N–C) groups is 2. The lowest BCUT2D eigenvalue weighted by atomic mass is 9.79. The van der Waals surface area contributed by atoms with Gasteiger partial charge in [-0.25, -0.2) is 0 Å². The molecule has 33 heavy (non-hydrogen) atoms. The Bertz CT molecular complexity index is 513. The summed E-state index contributed by atoms with van der Waals surface area (Å²) in [4.78, 5) is 19.2. The molecule has 2 aliphatic carbocycles. The molecule has 3 heteroatoms. The zero-order valence-corrected chi connectivity index (χ0v) is 23.7. The van der Waals surface area contributed by atoms with Gasteiger partial charge in [0.1, 0.15) is 5.78 Å². The molecule has 2 rings (SSSR count). The zero-order valence-electron chi connectivity index (χ0n) is 23.7. The van der Waals surface area contributed by atoms with E-state index in [1.54, 1.807) is 6.92 Å². The molecule has 2 aliphatic rings. The van der Waals surface area contributed by atoms with Gasteiger partial charge in [-0.2, -0.15) is 0 Å². The van der Waals surface area contributed by atoms with Crippen LogP contribution in [0.5, 0.6) is 0 Å². The molecule has 0 N–H and O–H groups in total. The van der Waals surface area contributed by atoms with Crippen LogP contribution in [0.15, 0.2) is 9.98 Å². The van der Waals surface area contributed by atoms with Gasteiger partial charge in [0.15, 0.2) is 0 Å². The van der Waals surface area contributed by atoms with Crippen LogP contribution in [0.2, 0.25) is 0 Å². The van der Waals surface area contributed by atoms with Crippen molar-refractivity contribution >= 4 is 17.2 Å². The zero-order chi connectivity index (χ0) is 25.1. The summed E-state index contributed by atoms with van der Waals surface area (Å²) < 4.78 is 0. The van der Waals surface area contributed by atoms with E-state index in [2.05, 4.69) is 41.5 Å². The Morgan fingerprint density at radius 3 is 1.24 bits per heavy atom. The Morgan fingerprint density at radius 1 is 0.606 bits per heavy atom. The number of rotatable bonds is 9. The third kappa shape index (κ3) is 17.1. The molecule has 0 saturated heterocycles. The van der Waals surface area contributed by atoms with Crippen LogP contribution in [-0.4, -0.2) is 30.3 Å². The highest BCUT2D eigenvalue weighted by molar-refractivity contribution is 5.81. The predicted octanol–water partition coefficient (Wildman–Crippen LogP) is 9.13. The number of nitrogens with zero attached hydrogens (tertiary/aromatic N) is 2. The molecule has 2 fully saturated rings. The number of hydrogen-bond acceptors (Lipinski definition) is 3. The summed E-state index contributed by atoms with van der Waals surface area (Å²) in [6.07, 6.45) is 17.2. The fourth-order valence-corrected chi connectivity index (χ4v) is 4.67. The van der Waals surface area contributed by atoms with E-state index in [1.807, 2.05) is 6.92 Å². The number of Topliss-reactive ketones (excluding diaryl/α,β-unsaturated/α-hetero) is 1. The minimum Gasteiger partial charge on any atom is -0.300 e. The molecule has 0 spiro atoms. The predicted molar refractivity (Wildman–Crippen MR) is 149 cm³/mol. The topological polar surface area (TPSA) is 41.8 Å². The fraction of sp³-hybridized carbons (Fsp3) is 0.900. The lowest BCUT2D eigenvalue weighted by Gasteiger charge is -2.27. The van der Waals surface area contributed by atoms with Gasteiger partial charge >= 0.3 is 0 Å². The molecule has 0 aliphatic heterocycles. The molecular weight excluding hydrogens is 404 g/mol. The first-order chi connectivity index (χ1) is 15.8. The van der Waals surface area contributed by atoms with Gasteiger partial charge in [0, 0.05) is 30.9 Å². The van der Waals surface area contributed by atoms with Gasteiger partial charge in [-0.05, 0) is 83.0 Å². The van der Waals surface area contributed by atoms with Gasteiger partial charge < -0.3 is 4.79 Å². The van der Waals surface area contributed by atoms with Crippen LogP contribution in [0.25, 0.3) is 0 Å². The van der Waals surface area contributed by atoms with Crippen LogP contribution in [0.3, 0.4) is 0 Å². The quantitative estimate of drug-likeness (QED) is 0.315. The van der Waals surface area contributed by atoms with E-state index in [9.17, 15) is 4.79 Å². The van der Waals surface area contributed by atoms with Crippen molar-refractivity contribution in [1.82, 2.24) is 0 Å². The third-order valence-corrected chi connectivity index (χ3v) is 7.70. The second-order valence-electron chi connectivity index (χ2n) is 10.5. The average Bonchev–Trinajstić information content (AvgIpc) is 2.86. The van der Waals surface area contributed by atoms with E-state index in [1.165, 1.54) is 75.6 Å². The van der Waals surface area contributed by atoms with Crippen molar-refractivity contribution in [2.45, 2.75) is 139 Å². The maximum absolute atomic E-state index is 9.81. The van der Waals surface area contributed by atoms with Gasteiger partial charge in [0.25, 0.3) is 0 Å². The van der Waals surface area contributed by atoms with Crippen molar-refractivity contribution in [1.29, 1.82) is 0 Å². The largest absolute Gasteiger partial charge is 0.300 e. The van der Waals surface area contributed by atoms with Crippen LogP contribution in [0, 0.1) is 23.7 Å². The Hall–Kier alpha value is -0.990. The van der Waals surface area contributed by atoms with E-state index in [0.29, 0.717) is 6.42 Å². The van der Waals surface area contributed by atoms with Gasteiger partial charge in [-0.15, -0.1) is 0 Å². The summed E-state index contributed by atoms with van der Waals surface area (Å²) in [5.74, 6) is 4.01. The van der Waals surface area contributed by atoms with Gasteiger partial charge in [0.05, 0.1) is 0 Å². The Labute approximate surface area is 207 Å². The van der Waals surface area contributed by atoms with Crippen LogP contribution in [0.1, 0.15) is 139 Å². The van der Waals surface area contributed by atoms with Crippen molar-refractivity contribution < 1.29 is 4.79 Å². The normalized spacial score (nSPS) is 25.9. The van der Waals surface area contributed by atoms with Gasteiger partial charge in [0.2, 0.25) is 0 Å².